The van der Waals surface area contributed by atoms with Gasteiger partial charge in [-0.25, -0.2) is 4.79 Å². The Morgan fingerprint density at radius 2 is 1.87 bits per heavy atom. The number of carboxylic acid groups (broad SMARTS) is 1. The van der Waals surface area contributed by atoms with Crippen molar-refractivity contribution in [2.75, 3.05) is 5.73 Å². The SMILES string of the molecule is CC(C)(C)c1cc(N)ccc1C(=O)O.Cl. The van der Waals surface area contributed by atoms with E-state index in [2.05, 4.69) is 0 Å². The van der Waals surface area contributed by atoms with Crippen LogP contribution in [0.5, 0.6) is 0 Å². The molecule has 0 amide bonds. The van der Waals surface area contributed by atoms with Crippen molar-refractivity contribution in [2.24, 2.45) is 0 Å². The molecule has 3 N–H and O–H groups in total. The van der Waals surface area contributed by atoms with Crippen molar-refractivity contribution in [3.63, 3.8) is 0 Å². The van der Waals surface area contributed by atoms with E-state index in [1.165, 1.54) is 0 Å². The molecule has 0 aliphatic heterocycles. The van der Waals surface area contributed by atoms with Crippen LogP contribution in [0.25, 0.3) is 0 Å². The van der Waals surface area contributed by atoms with Gasteiger partial charge in [0.15, 0.2) is 0 Å². The summed E-state index contributed by atoms with van der Waals surface area (Å²) in [6.07, 6.45) is 0. The smallest absolute Gasteiger partial charge is 0.335 e. The predicted molar refractivity (Wildman–Crippen MR) is 63.8 cm³/mol. The lowest BCUT2D eigenvalue weighted by molar-refractivity contribution is 0.0694. The first-order chi connectivity index (χ1) is 6.32. The van der Waals surface area contributed by atoms with Gasteiger partial charge in [-0.2, -0.15) is 0 Å². The summed E-state index contributed by atoms with van der Waals surface area (Å²) in [5, 5.41) is 8.98. The molecular weight excluding hydrogens is 214 g/mol. The van der Waals surface area contributed by atoms with Crippen molar-refractivity contribution in [1.29, 1.82) is 0 Å². The zero-order valence-electron chi connectivity index (χ0n) is 9.07. The summed E-state index contributed by atoms with van der Waals surface area (Å²) < 4.78 is 0. The molecule has 1 rings (SSSR count). The van der Waals surface area contributed by atoms with Crippen LogP contribution in [0.3, 0.4) is 0 Å². The fraction of sp³-hybridized carbons (Fsp3) is 0.364. The highest BCUT2D eigenvalue weighted by atomic mass is 35.5. The molecule has 0 aliphatic carbocycles. The molecule has 0 bridgehead atoms. The van der Waals surface area contributed by atoms with E-state index in [0.29, 0.717) is 11.3 Å². The van der Waals surface area contributed by atoms with E-state index < -0.39 is 5.97 Å². The van der Waals surface area contributed by atoms with Crippen molar-refractivity contribution >= 4 is 24.1 Å². The second kappa shape index (κ2) is 4.53. The Bertz CT molecular complexity index is 369. The molecule has 0 unspecified atom stereocenters. The molecule has 4 heteroatoms. The topological polar surface area (TPSA) is 63.3 Å². The lowest BCUT2D eigenvalue weighted by Gasteiger charge is -2.21. The fourth-order valence-electron chi connectivity index (χ4n) is 1.37. The fourth-order valence-corrected chi connectivity index (χ4v) is 1.37. The zero-order valence-corrected chi connectivity index (χ0v) is 9.89. The van der Waals surface area contributed by atoms with Gasteiger partial charge >= 0.3 is 5.97 Å². The van der Waals surface area contributed by atoms with Crippen LogP contribution >= 0.6 is 12.4 Å². The van der Waals surface area contributed by atoms with Crippen molar-refractivity contribution in [2.45, 2.75) is 26.2 Å². The summed E-state index contributed by atoms with van der Waals surface area (Å²) in [4.78, 5) is 10.9. The molecule has 1 aromatic carbocycles. The van der Waals surface area contributed by atoms with Crippen LogP contribution in [0.15, 0.2) is 18.2 Å². The average molecular weight is 230 g/mol. The number of hydrogen-bond donors (Lipinski definition) is 2. The number of anilines is 1. The lowest BCUT2D eigenvalue weighted by Crippen LogP contribution is -2.17. The van der Waals surface area contributed by atoms with Gasteiger partial charge in [-0.05, 0) is 29.2 Å². The third-order valence-corrected chi connectivity index (χ3v) is 2.08. The molecule has 0 aromatic heterocycles. The van der Waals surface area contributed by atoms with E-state index in [0.717, 1.165) is 5.56 Å². The van der Waals surface area contributed by atoms with Crippen LogP contribution in [0, 0.1) is 0 Å². The van der Waals surface area contributed by atoms with E-state index in [9.17, 15) is 4.79 Å². The van der Waals surface area contributed by atoms with Crippen molar-refractivity contribution in [3.05, 3.63) is 29.3 Å². The summed E-state index contributed by atoms with van der Waals surface area (Å²) >= 11 is 0. The van der Waals surface area contributed by atoms with Crippen LogP contribution in [0.2, 0.25) is 0 Å². The van der Waals surface area contributed by atoms with Crippen LogP contribution < -0.4 is 5.73 Å². The number of benzene rings is 1. The monoisotopic (exact) mass is 229 g/mol. The van der Waals surface area contributed by atoms with Gasteiger partial charge < -0.3 is 10.8 Å². The second-order valence-corrected chi connectivity index (χ2v) is 4.36. The number of nitrogen functional groups attached to an aromatic ring is 1. The molecule has 0 spiro atoms. The Morgan fingerprint density at radius 3 is 2.27 bits per heavy atom. The first kappa shape index (κ1) is 13.8. The number of carboxylic acids is 1. The molecule has 0 saturated carbocycles. The predicted octanol–water partition coefficient (Wildman–Crippen LogP) is 2.69. The molecule has 0 fully saturated rings. The van der Waals surface area contributed by atoms with Gasteiger partial charge in [0.2, 0.25) is 0 Å². The molecule has 0 saturated heterocycles. The van der Waals surface area contributed by atoms with Gasteiger partial charge in [0.05, 0.1) is 5.56 Å². The molecule has 0 atom stereocenters. The largest absolute Gasteiger partial charge is 0.478 e. The third kappa shape index (κ3) is 3.13. The van der Waals surface area contributed by atoms with Gasteiger partial charge in [-0.1, -0.05) is 20.8 Å². The molecule has 3 nitrogen and oxygen atoms in total. The highest BCUT2D eigenvalue weighted by Crippen LogP contribution is 2.27. The van der Waals surface area contributed by atoms with Crippen LogP contribution in [0.1, 0.15) is 36.7 Å². The van der Waals surface area contributed by atoms with E-state index in [-0.39, 0.29) is 17.8 Å². The number of halogens is 1. The Kier molecular flexibility index (Phi) is 4.16. The molecular formula is C11H16ClNO2. The Hall–Kier alpha value is -1.22. The number of carbonyl (C=O) groups is 1. The standard InChI is InChI=1S/C11H15NO2.ClH/c1-11(2,3)9-6-7(12)4-5-8(9)10(13)14;/h4-6H,12H2,1-3H3,(H,13,14);1H. The summed E-state index contributed by atoms with van der Waals surface area (Å²) in [6.45, 7) is 5.90. The Labute approximate surface area is 95.7 Å². The van der Waals surface area contributed by atoms with Crippen LogP contribution in [-0.2, 0) is 5.41 Å². The first-order valence-corrected chi connectivity index (χ1v) is 4.45. The van der Waals surface area contributed by atoms with Gasteiger partial charge in [0, 0.05) is 5.69 Å². The summed E-state index contributed by atoms with van der Waals surface area (Å²) in [6, 6.07) is 4.89. The molecule has 0 radical (unpaired) electrons. The third-order valence-electron chi connectivity index (χ3n) is 2.08. The van der Waals surface area contributed by atoms with Gasteiger partial charge in [0.1, 0.15) is 0 Å². The first-order valence-electron chi connectivity index (χ1n) is 4.45. The second-order valence-electron chi connectivity index (χ2n) is 4.36. The van der Waals surface area contributed by atoms with Gasteiger partial charge in [-0.3, -0.25) is 0 Å². The van der Waals surface area contributed by atoms with Gasteiger partial charge in [0.25, 0.3) is 0 Å². The number of hydrogen-bond acceptors (Lipinski definition) is 2. The number of rotatable bonds is 1. The maximum Gasteiger partial charge on any atom is 0.335 e. The number of nitrogens with two attached hydrogens (primary N) is 1. The number of aromatic carboxylic acids is 1. The summed E-state index contributed by atoms with van der Waals surface area (Å²) in [5.41, 5.74) is 7.12. The molecule has 1 aromatic rings. The molecule has 84 valence electrons. The van der Waals surface area contributed by atoms with Crippen molar-refractivity contribution < 1.29 is 9.90 Å². The average Bonchev–Trinajstić information content (AvgIpc) is 2.01. The maximum atomic E-state index is 10.9. The zero-order chi connectivity index (χ0) is 10.9. The van der Waals surface area contributed by atoms with E-state index in [4.69, 9.17) is 10.8 Å². The summed E-state index contributed by atoms with van der Waals surface area (Å²) in [7, 11) is 0. The normalized spacial score (nSPS) is 10.6. The highest BCUT2D eigenvalue weighted by molar-refractivity contribution is 5.90. The van der Waals surface area contributed by atoms with Crippen molar-refractivity contribution in [1.82, 2.24) is 0 Å². The van der Waals surface area contributed by atoms with E-state index in [1.807, 2.05) is 20.8 Å². The van der Waals surface area contributed by atoms with Crippen LogP contribution in [0.4, 0.5) is 5.69 Å². The van der Waals surface area contributed by atoms with Crippen LogP contribution in [-0.4, -0.2) is 11.1 Å². The Morgan fingerprint density at radius 1 is 1.33 bits per heavy atom. The minimum absolute atomic E-state index is 0. The molecule has 0 heterocycles. The maximum absolute atomic E-state index is 10.9. The highest BCUT2D eigenvalue weighted by Gasteiger charge is 2.21. The molecule has 0 aliphatic rings. The van der Waals surface area contributed by atoms with E-state index in [1.54, 1.807) is 18.2 Å². The quantitative estimate of drug-likeness (QED) is 0.728. The lowest BCUT2D eigenvalue weighted by atomic mass is 9.83. The minimum Gasteiger partial charge on any atom is -0.478 e. The van der Waals surface area contributed by atoms with Gasteiger partial charge in [-0.15, -0.1) is 12.4 Å². The Balaban J connectivity index is 0.00000196. The minimum atomic E-state index is -0.907. The molecule has 15 heavy (non-hydrogen) atoms. The summed E-state index contributed by atoms with van der Waals surface area (Å²) in [5.74, 6) is -0.907. The van der Waals surface area contributed by atoms with Crippen molar-refractivity contribution in [3.8, 4) is 0 Å². The van der Waals surface area contributed by atoms with E-state index >= 15 is 0 Å².